The van der Waals surface area contributed by atoms with E-state index in [1.165, 1.54) is 16.4 Å². The summed E-state index contributed by atoms with van der Waals surface area (Å²) in [5, 5.41) is 2.77. The monoisotopic (exact) mass is 392 g/mol. The van der Waals surface area contributed by atoms with Crippen LogP contribution in [0.4, 0.5) is 10.1 Å². The van der Waals surface area contributed by atoms with Crippen molar-refractivity contribution < 1.29 is 17.6 Å². The Bertz CT molecular complexity index is 896. The van der Waals surface area contributed by atoms with Gasteiger partial charge in [-0.25, -0.2) is 12.8 Å². The predicted octanol–water partition coefficient (Wildman–Crippen LogP) is 2.96. The molecule has 1 N–H and O–H groups in total. The lowest BCUT2D eigenvalue weighted by atomic mass is 10.1. The summed E-state index contributed by atoms with van der Waals surface area (Å²) < 4.78 is 38.4. The van der Waals surface area contributed by atoms with Crippen LogP contribution in [0.3, 0.4) is 0 Å². The number of benzene rings is 2. The van der Waals surface area contributed by atoms with Crippen LogP contribution < -0.4 is 9.62 Å². The Kier molecular flexibility index (Phi) is 6.96. The van der Waals surface area contributed by atoms with Crippen LogP contribution in [0, 0.1) is 19.7 Å². The molecule has 0 heterocycles. The van der Waals surface area contributed by atoms with Gasteiger partial charge in [-0.15, -0.1) is 0 Å². The van der Waals surface area contributed by atoms with Crippen LogP contribution in [-0.4, -0.2) is 33.7 Å². The van der Waals surface area contributed by atoms with E-state index in [1.54, 1.807) is 18.2 Å². The van der Waals surface area contributed by atoms with Gasteiger partial charge in [-0.3, -0.25) is 9.10 Å². The molecule has 0 aromatic heterocycles. The molecule has 0 fully saturated rings. The van der Waals surface area contributed by atoms with Crippen LogP contribution >= 0.6 is 0 Å². The molecule has 0 aliphatic carbocycles. The molecule has 2 rings (SSSR count). The van der Waals surface area contributed by atoms with E-state index >= 15 is 0 Å². The van der Waals surface area contributed by atoms with E-state index in [9.17, 15) is 17.6 Å². The summed E-state index contributed by atoms with van der Waals surface area (Å²) in [6, 6.07) is 11.5. The molecule has 1 amide bonds. The minimum Gasteiger partial charge on any atom is -0.356 e. The molecule has 0 radical (unpaired) electrons. The fraction of sp³-hybridized carbons (Fsp3) is 0.350. The zero-order valence-electron chi connectivity index (χ0n) is 15.8. The summed E-state index contributed by atoms with van der Waals surface area (Å²) in [6.07, 6.45) is 1.77. The quantitative estimate of drug-likeness (QED) is 0.751. The summed E-state index contributed by atoms with van der Waals surface area (Å²) >= 11 is 0. The second-order valence-electron chi connectivity index (χ2n) is 6.58. The Hall–Kier alpha value is -2.41. The number of rotatable bonds is 8. The largest absolute Gasteiger partial charge is 0.356 e. The van der Waals surface area contributed by atoms with Crippen molar-refractivity contribution in [3.63, 3.8) is 0 Å². The maximum absolute atomic E-state index is 12.9. The fourth-order valence-electron chi connectivity index (χ4n) is 2.66. The Morgan fingerprint density at radius 2 is 1.74 bits per heavy atom. The van der Waals surface area contributed by atoms with Gasteiger partial charge < -0.3 is 5.32 Å². The van der Waals surface area contributed by atoms with Crippen molar-refractivity contribution in [2.75, 3.05) is 23.7 Å². The minimum absolute atomic E-state index is 0.0589. The number of anilines is 1. The van der Waals surface area contributed by atoms with Crippen molar-refractivity contribution in [2.24, 2.45) is 0 Å². The molecule has 2 aromatic rings. The van der Waals surface area contributed by atoms with Crippen molar-refractivity contribution in [1.82, 2.24) is 5.32 Å². The average molecular weight is 392 g/mol. The lowest BCUT2D eigenvalue weighted by Gasteiger charge is -2.23. The molecule has 0 atom stereocenters. The third kappa shape index (κ3) is 6.36. The first kappa shape index (κ1) is 20.9. The number of aryl methyl sites for hydroxylation is 2. The predicted molar refractivity (Wildman–Crippen MR) is 106 cm³/mol. The molecule has 7 heteroatoms. The van der Waals surface area contributed by atoms with Crippen LogP contribution in [0.15, 0.2) is 42.5 Å². The number of carbonyl (C=O) groups excluding carboxylic acids is 1. The maximum atomic E-state index is 12.9. The van der Waals surface area contributed by atoms with Crippen molar-refractivity contribution in [1.29, 1.82) is 0 Å². The highest BCUT2D eigenvalue weighted by molar-refractivity contribution is 7.92. The van der Waals surface area contributed by atoms with Crippen LogP contribution in [0.1, 0.15) is 23.1 Å². The van der Waals surface area contributed by atoms with Crippen LogP contribution in [0.25, 0.3) is 0 Å². The van der Waals surface area contributed by atoms with E-state index in [0.717, 1.165) is 22.9 Å². The highest BCUT2D eigenvalue weighted by Crippen LogP contribution is 2.21. The van der Waals surface area contributed by atoms with Crippen molar-refractivity contribution in [3.05, 3.63) is 65.0 Å². The first-order valence-electron chi connectivity index (χ1n) is 8.73. The van der Waals surface area contributed by atoms with E-state index in [1.807, 2.05) is 26.0 Å². The second-order valence-corrected chi connectivity index (χ2v) is 8.49. The van der Waals surface area contributed by atoms with Gasteiger partial charge in [0.25, 0.3) is 0 Å². The molecule has 0 saturated carbocycles. The van der Waals surface area contributed by atoms with E-state index < -0.39 is 10.0 Å². The van der Waals surface area contributed by atoms with Gasteiger partial charge in [0.05, 0.1) is 11.9 Å². The Labute approximate surface area is 160 Å². The SMILES string of the molecule is Cc1ccc(N(CCC(=O)NCCc2ccc(F)cc2)S(C)(=O)=O)cc1C. The number of amides is 1. The van der Waals surface area contributed by atoms with Gasteiger partial charge in [-0.05, 0) is 61.2 Å². The molecule has 146 valence electrons. The summed E-state index contributed by atoms with van der Waals surface area (Å²) in [5.41, 5.74) is 3.54. The van der Waals surface area contributed by atoms with Gasteiger partial charge in [0, 0.05) is 19.5 Å². The molecular weight excluding hydrogens is 367 g/mol. The third-order valence-electron chi connectivity index (χ3n) is 4.37. The zero-order valence-corrected chi connectivity index (χ0v) is 16.6. The minimum atomic E-state index is -3.49. The first-order valence-corrected chi connectivity index (χ1v) is 10.6. The van der Waals surface area contributed by atoms with Gasteiger partial charge in [0.1, 0.15) is 5.82 Å². The fourth-order valence-corrected chi connectivity index (χ4v) is 3.58. The number of sulfonamides is 1. The number of hydrogen-bond donors (Lipinski definition) is 1. The summed E-state index contributed by atoms with van der Waals surface area (Å²) in [4.78, 5) is 12.1. The summed E-state index contributed by atoms with van der Waals surface area (Å²) in [7, 11) is -3.49. The van der Waals surface area contributed by atoms with Crippen molar-refractivity contribution in [2.45, 2.75) is 26.7 Å². The third-order valence-corrected chi connectivity index (χ3v) is 5.56. The lowest BCUT2D eigenvalue weighted by Crippen LogP contribution is -2.35. The molecule has 0 spiro atoms. The summed E-state index contributed by atoms with van der Waals surface area (Å²) in [5.74, 6) is -0.524. The van der Waals surface area contributed by atoms with E-state index in [4.69, 9.17) is 0 Å². The van der Waals surface area contributed by atoms with E-state index in [2.05, 4.69) is 5.32 Å². The molecule has 0 aliphatic rings. The topological polar surface area (TPSA) is 66.5 Å². The van der Waals surface area contributed by atoms with Crippen molar-refractivity contribution >= 4 is 21.6 Å². The van der Waals surface area contributed by atoms with Crippen LogP contribution in [0.2, 0.25) is 0 Å². The molecule has 0 aliphatic heterocycles. The highest BCUT2D eigenvalue weighted by atomic mass is 32.2. The molecule has 5 nitrogen and oxygen atoms in total. The van der Waals surface area contributed by atoms with E-state index in [0.29, 0.717) is 18.7 Å². The number of halogens is 1. The number of hydrogen-bond acceptors (Lipinski definition) is 3. The summed E-state index contributed by atoms with van der Waals surface area (Å²) in [6.45, 7) is 4.36. The molecule has 0 unspecified atom stereocenters. The highest BCUT2D eigenvalue weighted by Gasteiger charge is 2.19. The smallest absolute Gasteiger partial charge is 0.232 e. The molecule has 0 bridgehead atoms. The van der Waals surface area contributed by atoms with Gasteiger partial charge in [-0.2, -0.15) is 0 Å². The molecule has 0 saturated heterocycles. The number of nitrogens with zero attached hydrogens (tertiary/aromatic N) is 1. The lowest BCUT2D eigenvalue weighted by molar-refractivity contribution is -0.120. The molecule has 2 aromatic carbocycles. The zero-order chi connectivity index (χ0) is 20.0. The van der Waals surface area contributed by atoms with Gasteiger partial charge in [0.15, 0.2) is 0 Å². The number of nitrogens with one attached hydrogen (secondary N) is 1. The Morgan fingerprint density at radius 3 is 2.33 bits per heavy atom. The van der Waals surface area contributed by atoms with Gasteiger partial charge in [0.2, 0.25) is 15.9 Å². The first-order chi connectivity index (χ1) is 12.7. The number of carbonyl (C=O) groups is 1. The maximum Gasteiger partial charge on any atom is 0.232 e. The standard InChI is InChI=1S/C20H25FN2O3S/c1-15-4-9-19(14-16(15)2)23(27(3,25)26)13-11-20(24)22-12-10-17-5-7-18(21)8-6-17/h4-9,14H,10-13H2,1-3H3,(H,22,24). The van der Waals surface area contributed by atoms with E-state index in [-0.39, 0.29) is 24.7 Å². The molecular formula is C20H25FN2O3S. The van der Waals surface area contributed by atoms with Gasteiger partial charge in [-0.1, -0.05) is 18.2 Å². The van der Waals surface area contributed by atoms with Crippen LogP contribution in [-0.2, 0) is 21.2 Å². The van der Waals surface area contributed by atoms with Gasteiger partial charge >= 0.3 is 0 Å². The van der Waals surface area contributed by atoms with Crippen LogP contribution in [0.5, 0.6) is 0 Å². The molecule has 27 heavy (non-hydrogen) atoms. The average Bonchev–Trinajstić information content (AvgIpc) is 2.59. The second kappa shape index (κ2) is 8.99. The van der Waals surface area contributed by atoms with Crippen molar-refractivity contribution in [3.8, 4) is 0 Å². The Morgan fingerprint density at radius 1 is 1.07 bits per heavy atom. The Balaban J connectivity index is 1.91. The normalized spacial score (nSPS) is 11.3.